The van der Waals surface area contributed by atoms with E-state index in [1.54, 1.807) is 13.1 Å². The Morgan fingerprint density at radius 2 is 2.25 bits per heavy atom. The fraction of sp³-hybridized carbons (Fsp3) is 0.500. The zero-order valence-corrected chi connectivity index (χ0v) is 9.48. The number of ketones is 1. The Hall–Kier alpha value is -1.42. The van der Waals surface area contributed by atoms with Crippen LogP contribution in [0.3, 0.4) is 0 Å². The number of morpholine rings is 1. The highest BCUT2D eigenvalue weighted by Gasteiger charge is 2.11. The molecule has 0 amide bonds. The van der Waals surface area contributed by atoms with E-state index < -0.39 is 0 Å². The Kier molecular flexibility index (Phi) is 3.51. The van der Waals surface area contributed by atoms with Crippen LogP contribution in [0.4, 0.5) is 5.69 Å². The molecule has 16 heavy (non-hydrogen) atoms. The first kappa shape index (κ1) is 11.1. The third-order valence-electron chi connectivity index (χ3n) is 2.61. The van der Waals surface area contributed by atoms with Crippen LogP contribution in [0.5, 0.6) is 0 Å². The Balaban J connectivity index is 2.11. The van der Waals surface area contributed by atoms with E-state index in [2.05, 4.69) is 9.88 Å². The monoisotopic (exact) mass is 220 g/mol. The second kappa shape index (κ2) is 5.07. The molecule has 1 fully saturated rings. The molecule has 2 rings (SSSR count). The van der Waals surface area contributed by atoms with Gasteiger partial charge in [-0.25, -0.2) is 0 Å². The average Bonchev–Trinajstić information content (AvgIpc) is 2.30. The molecule has 1 aromatic heterocycles. The summed E-state index contributed by atoms with van der Waals surface area (Å²) in [7, 11) is 0. The minimum Gasteiger partial charge on any atom is -0.378 e. The molecular formula is C12H16N2O2. The van der Waals surface area contributed by atoms with Gasteiger partial charge in [0.25, 0.3) is 0 Å². The van der Waals surface area contributed by atoms with Gasteiger partial charge in [-0.2, -0.15) is 0 Å². The van der Waals surface area contributed by atoms with E-state index in [-0.39, 0.29) is 5.78 Å². The molecule has 0 unspecified atom stereocenters. The molecule has 1 saturated heterocycles. The number of anilines is 1. The summed E-state index contributed by atoms with van der Waals surface area (Å²) < 4.78 is 5.30. The number of hydrogen-bond donors (Lipinski definition) is 0. The van der Waals surface area contributed by atoms with Gasteiger partial charge in [0.05, 0.1) is 13.2 Å². The summed E-state index contributed by atoms with van der Waals surface area (Å²) in [5, 5.41) is 0. The molecule has 1 aliphatic heterocycles. The van der Waals surface area contributed by atoms with Crippen molar-refractivity contribution in [3.05, 3.63) is 24.0 Å². The predicted octanol–water partition coefficient (Wildman–Crippen LogP) is 1.05. The molecule has 2 heterocycles. The highest BCUT2D eigenvalue weighted by molar-refractivity contribution is 5.78. The lowest BCUT2D eigenvalue weighted by atomic mass is 10.2. The molecule has 1 aromatic rings. The van der Waals surface area contributed by atoms with Crippen LogP contribution in [-0.2, 0) is 16.0 Å². The minimum absolute atomic E-state index is 0.145. The number of pyridine rings is 1. The molecule has 1 aliphatic rings. The van der Waals surface area contributed by atoms with Gasteiger partial charge in [0.15, 0.2) is 0 Å². The van der Waals surface area contributed by atoms with Crippen molar-refractivity contribution in [1.29, 1.82) is 0 Å². The second-order valence-electron chi connectivity index (χ2n) is 3.98. The number of rotatable bonds is 3. The maximum atomic E-state index is 11.0. The van der Waals surface area contributed by atoms with E-state index in [0.717, 1.165) is 37.7 Å². The molecule has 0 spiro atoms. The minimum atomic E-state index is 0.145. The normalized spacial score (nSPS) is 16.2. The topological polar surface area (TPSA) is 42.4 Å². The zero-order valence-electron chi connectivity index (χ0n) is 9.48. The van der Waals surface area contributed by atoms with E-state index >= 15 is 0 Å². The summed E-state index contributed by atoms with van der Waals surface area (Å²) in [6.45, 7) is 4.94. The van der Waals surface area contributed by atoms with E-state index in [9.17, 15) is 4.79 Å². The number of hydrogen-bond acceptors (Lipinski definition) is 4. The first-order chi connectivity index (χ1) is 7.75. The number of carbonyl (C=O) groups excluding carboxylic acids is 1. The smallest absolute Gasteiger partial charge is 0.135 e. The highest BCUT2D eigenvalue weighted by atomic mass is 16.5. The van der Waals surface area contributed by atoms with Gasteiger partial charge in [-0.05, 0) is 19.1 Å². The summed E-state index contributed by atoms with van der Waals surface area (Å²) in [4.78, 5) is 17.5. The fourth-order valence-electron chi connectivity index (χ4n) is 1.84. The van der Waals surface area contributed by atoms with Crippen LogP contribution in [0.15, 0.2) is 18.3 Å². The summed E-state index contributed by atoms with van der Waals surface area (Å²) in [6.07, 6.45) is 2.18. The van der Waals surface area contributed by atoms with Gasteiger partial charge >= 0.3 is 0 Å². The summed E-state index contributed by atoms with van der Waals surface area (Å²) in [5.74, 6) is 0.145. The van der Waals surface area contributed by atoms with E-state index in [1.807, 2.05) is 12.1 Å². The molecule has 4 heteroatoms. The second-order valence-corrected chi connectivity index (χ2v) is 3.98. The van der Waals surface area contributed by atoms with Crippen LogP contribution in [0.25, 0.3) is 0 Å². The number of Topliss-reactive ketones (excluding diaryl/α,β-unsaturated/α-hetero) is 1. The van der Waals surface area contributed by atoms with Gasteiger partial charge in [-0.15, -0.1) is 0 Å². The largest absolute Gasteiger partial charge is 0.378 e. The standard InChI is InChI=1S/C12H16N2O2/c1-10(15)8-11-9-12(2-3-13-11)14-4-6-16-7-5-14/h2-3,9H,4-8H2,1H3. The third kappa shape index (κ3) is 2.79. The summed E-state index contributed by atoms with van der Waals surface area (Å²) in [5.41, 5.74) is 1.98. The van der Waals surface area contributed by atoms with Crippen molar-refractivity contribution in [2.45, 2.75) is 13.3 Å². The molecule has 86 valence electrons. The number of nitrogens with zero attached hydrogens (tertiary/aromatic N) is 2. The van der Waals surface area contributed by atoms with Gasteiger partial charge in [0.1, 0.15) is 5.78 Å². The van der Waals surface area contributed by atoms with Crippen molar-refractivity contribution in [3.8, 4) is 0 Å². The lowest BCUT2D eigenvalue weighted by Gasteiger charge is -2.28. The van der Waals surface area contributed by atoms with Gasteiger partial charge in [0.2, 0.25) is 0 Å². The van der Waals surface area contributed by atoms with E-state index in [4.69, 9.17) is 4.74 Å². The van der Waals surface area contributed by atoms with Crippen LogP contribution < -0.4 is 4.90 Å². The van der Waals surface area contributed by atoms with Crippen LogP contribution in [-0.4, -0.2) is 37.1 Å². The van der Waals surface area contributed by atoms with Gasteiger partial charge in [0, 0.05) is 37.1 Å². The van der Waals surface area contributed by atoms with Crippen LogP contribution in [0.2, 0.25) is 0 Å². The van der Waals surface area contributed by atoms with Crippen LogP contribution >= 0.6 is 0 Å². The molecule has 0 bridgehead atoms. The summed E-state index contributed by atoms with van der Waals surface area (Å²) in [6, 6.07) is 3.97. The van der Waals surface area contributed by atoms with Gasteiger partial charge in [-0.3, -0.25) is 9.78 Å². The molecule has 0 aromatic carbocycles. The lowest BCUT2D eigenvalue weighted by Crippen LogP contribution is -2.36. The van der Waals surface area contributed by atoms with Crippen molar-refractivity contribution in [2.24, 2.45) is 0 Å². The number of carbonyl (C=O) groups is 1. The lowest BCUT2D eigenvalue weighted by molar-refractivity contribution is -0.116. The van der Waals surface area contributed by atoms with E-state index in [1.165, 1.54) is 0 Å². The van der Waals surface area contributed by atoms with Crippen molar-refractivity contribution >= 4 is 11.5 Å². The summed E-state index contributed by atoms with van der Waals surface area (Å²) >= 11 is 0. The quantitative estimate of drug-likeness (QED) is 0.763. The van der Waals surface area contributed by atoms with Crippen LogP contribution in [0, 0.1) is 0 Å². The maximum Gasteiger partial charge on any atom is 0.135 e. The first-order valence-corrected chi connectivity index (χ1v) is 5.53. The Morgan fingerprint density at radius 1 is 1.50 bits per heavy atom. The maximum absolute atomic E-state index is 11.0. The highest BCUT2D eigenvalue weighted by Crippen LogP contribution is 2.16. The number of ether oxygens (including phenoxy) is 1. The molecule has 0 radical (unpaired) electrons. The van der Waals surface area contributed by atoms with Crippen molar-refractivity contribution < 1.29 is 9.53 Å². The van der Waals surface area contributed by atoms with Crippen molar-refractivity contribution in [3.63, 3.8) is 0 Å². The number of aromatic nitrogens is 1. The predicted molar refractivity (Wildman–Crippen MR) is 61.7 cm³/mol. The SMILES string of the molecule is CC(=O)Cc1cc(N2CCOCC2)ccn1. The molecule has 4 nitrogen and oxygen atoms in total. The zero-order chi connectivity index (χ0) is 11.4. The van der Waals surface area contributed by atoms with Crippen molar-refractivity contribution in [1.82, 2.24) is 4.98 Å². The van der Waals surface area contributed by atoms with E-state index in [0.29, 0.717) is 6.42 Å². The molecule has 0 aliphatic carbocycles. The van der Waals surface area contributed by atoms with Crippen LogP contribution in [0.1, 0.15) is 12.6 Å². The molecule has 0 atom stereocenters. The third-order valence-corrected chi connectivity index (χ3v) is 2.61. The van der Waals surface area contributed by atoms with Gasteiger partial charge in [-0.1, -0.05) is 0 Å². The molecule has 0 N–H and O–H groups in total. The first-order valence-electron chi connectivity index (χ1n) is 5.53. The van der Waals surface area contributed by atoms with Gasteiger partial charge < -0.3 is 9.64 Å². The fourth-order valence-corrected chi connectivity index (χ4v) is 1.84. The average molecular weight is 220 g/mol. The van der Waals surface area contributed by atoms with Crippen molar-refractivity contribution in [2.75, 3.05) is 31.2 Å². The Labute approximate surface area is 95.2 Å². The molecular weight excluding hydrogens is 204 g/mol. The molecule has 0 saturated carbocycles. The Bertz CT molecular complexity index is 373. The Morgan fingerprint density at radius 3 is 2.94 bits per heavy atom.